The summed E-state index contributed by atoms with van der Waals surface area (Å²) in [7, 11) is -2.18. The molecule has 38 heavy (non-hydrogen) atoms. The van der Waals surface area contributed by atoms with Gasteiger partial charge in [0.05, 0.1) is 27.8 Å². The fourth-order valence-corrected chi connectivity index (χ4v) is 6.82. The van der Waals surface area contributed by atoms with Crippen molar-refractivity contribution in [3.05, 3.63) is 88.4 Å². The normalized spacial score (nSPS) is 15.8. The quantitative estimate of drug-likeness (QED) is 0.264. The third kappa shape index (κ3) is 5.48. The molecular weight excluding hydrogens is 542 g/mol. The highest BCUT2D eigenvalue weighted by atomic mass is 35.5. The average molecular weight is 570 g/mol. The van der Waals surface area contributed by atoms with Crippen LogP contribution in [0.25, 0.3) is 10.2 Å². The van der Waals surface area contributed by atoms with Gasteiger partial charge in [-0.1, -0.05) is 53.3 Å². The number of hydrogen-bond acceptors (Lipinski definition) is 6. The van der Waals surface area contributed by atoms with Crippen molar-refractivity contribution >= 4 is 54.2 Å². The van der Waals surface area contributed by atoms with E-state index in [-0.39, 0.29) is 23.5 Å². The summed E-state index contributed by atoms with van der Waals surface area (Å²) in [5, 5.41) is 1.19. The van der Waals surface area contributed by atoms with Crippen LogP contribution in [-0.4, -0.2) is 49.9 Å². The van der Waals surface area contributed by atoms with Gasteiger partial charge in [-0.3, -0.25) is 9.69 Å². The van der Waals surface area contributed by atoms with E-state index in [4.69, 9.17) is 21.3 Å². The Balaban J connectivity index is 1.42. The summed E-state index contributed by atoms with van der Waals surface area (Å²) in [6, 6.07) is 19.2. The Labute approximate surface area is 231 Å². The van der Waals surface area contributed by atoms with Gasteiger partial charge in [0.1, 0.15) is 0 Å². The van der Waals surface area contributed by atoms with Crippen LogP contribution in [0.3, 0.4) is 0 Å². The topological polar surface area (TPSA) is 79.8 Å². The first kappa shape index (κ1) is 26.8. The maximum atomic E-state index is 13.7. The molecule has 10 heteroatoms. The molecule has 1 unspecified atom stereocenters. The monoisotopic (exact) mass is 569 g/mol. The molecule has 198 valence electrons. The Hall–Kier alpha value is -2.82. The Morgan fingerprint density at radius 3 is 2.53 bits per heavy atom. The molecule has 7 nitrogen and oxygen atoms in total. The van der Waals surface area contributed by atoms with Crippen molar-refractivity contribution in [2.24, 2.45) is 0 Å². The third-order valence-corrected chi connectivity index (χ3v) is 9.95. The van der Waals surface area contributed by atoms with E-state index in [2.05, 4.69) is 0 Å². The molecule has 0 aliphatic carbocycles. The summed E-state index contributed by atoms with van der Waals surface area (Å²) >= 11 is 7.73. The summed E-state index contributed by atoms with van der Waals surface area (Å²) in [6.07, 6.45) is 1.73. The lowest BCUT2D eigenvalue weighted by atomic mass is 10.2. The van der Waals surface area contributed by atoms with Gasteiger partial charge in [-0.15, -0.1) is 0 Å². The second-order valence-corrected chi connectivity index (χ2v) is 12.8. The molecule has 1 aliphatic rings. The first-order valence-corrected chi connectivity index (χ1v) is 15.0. The number of aryl methyl sites for hydroxylation is 1. The molecule has 3 aromatic carbocycles. The molecule has 1 atom stereocenters. The van der Waals surface area contributed by atoms with E-state index < -0.39 is 10.0 Å². The number of sulfonamides is 1. The molecular formula is C28H28ClN3O4S2. The number of nitrogens with zero attached hydrogens (tertiary/aromatic N) is 3. The average Bonchev–Trinajstić information content (AvgIpc) is 3.60. The second-order valence-electron chi connectivity index (χ2n) is 9.34. The predicted octanol–water partition coefficient (Wildman–Crippen LogP) is 5.90. The lowest BCUT2D eigenvalue weighted by Gasteiger charge is -2.23. The number of benzene rings is 3. The van der Waals surface area contributed by atoms with E-state index in [0.29, 0.717) is 28.9 Å². The van der Waals surface area contributed by atoms with Crippen LogP contribution in [0.15, 0.2) is 71.6 Å². The molecule has 1 saturated heterocycles. The molecule has 1 aromatic heterocycles. The van der Waals surface area contributed by atoms with E-state index in [0.717, 1.165) is 34.2 Å². The smallest absolute Gasteiger partial charge is 0.260 e. The van der Waals surface area contributed by atoms with E-state index in [1.165, 1.54) is 27.8 Å². The zero-order valence-electron chi connectivity index (χ0n) is 21.1. The highest BCUT2D eigenvalue weighted by Crippen LogP contribution is 2.35. The number of ether oxygens (including phenoxy) is 1. The van der Waals surface area contributed by atoms with E-state index in [1.807, 2.05) is 49.4 Å². The first-order chi connectivity index (χ1) is 18.2. The minimum absolute atomic E-state index is 0.0815. The zero-order chi connectivity index (χ0) is 26.9. The SMILES string of the molecule is Cc1c(Cl)ccc2sc(N(CC3CCCO3)C(=O)c3ccc(S(=O)(=O)N(C)Cc4ccccc4)cc3)nc12. The van der Waals surface area contributed by atoms with Crippen LogP contribution in [0, 0.1) is 6.92 Å². The Morgan fingerprint density at radius 1 is 1.11 bits per heavy atom. The van der Waals surface area contributed by atoms with E-state index in [9.17, 15) is 13.2 Å². The van der Waals surface area contributed by atoms with Crippen molar-refractivity contribution in [1.29, 1.82) is 0 Å². The fourth-order valence-electron chi connectivity index (χ4n) is 4.47. The second kappa shape index (κ2) is 11.1. The maximum Gasteiger partial charge on any atom is 0.260 e. The van der Waals surface area contributed by atoms with Gasteiger partial charge in [-0.25, -0.2) is 13.4 Å². The number of rotatable bonds is 8. The van der Waals surface area contributed by atoms with Crippen LogP contribution in [0.4, 0.5) is 5.13 Å². The number of anilines is 1. The van der Waals surface area contributed by atoms with Crippen molar-refractivity contribution in [2.75, 3.05) is 25.1 Å². The van der Waals surface area contributed by atoms with Crippen molar-refractivity contribution in [3.8, 4) is 0 Å². The summed E-state index contributed by atoms with van der Waals surface area (Å²) in [6.45, 7) is 3.20. The van der Waals surface area contributed by atoms with Crippen molar-refractivity contribution in [3.63, 3.8) is 0 Å². The predicted molar refractivity (Wildman–Crippen MR) is 152 cm³/mol. The van der Waals surface area contributed by atoms with Crippen LogP contribution in [-0.2, 0) is 21.3 Å². The molecule has 1 amide bonds. The summed E-state index contributed by atoms with van der Waals surface area (Å²) in [5.41, 5.74) is 2.90. The minimum Gasteiger partial charge on any atom is -0.376 e. The first-order valence-electron chi connectivity index (χ1n) is 12.3. The number of amides is 1. The number of halogens is 1. The molecule has 0 radical (unpaired) electrons. The molecule has 0 N–H and O–H groups in total. The fraction of sp³-hybridized carbons (Fsp3) is 0.286. The third-order valence-electron chi connectivity index (χ3n) is 6.68. The van der Waals surface area contributed by atoms with Gasteiger partial charge >= 0.3 is 0 Å². The van der Waals surface area contributed by atoms with Crippen LogP contribution in [0.1, 0.15) is 34.3 Å². The van der Waals surface area contributed by atoms with Gasteiger partial charge in [0.25, 0.3) is 5.91 Å². The number of carbonyl (C=O) groups is 1. The maximum absolute atomic E-state index is 13.7. The Bertz CT molecular complexity index is 1550. The Kier molecular flexibility index (Phi) is 7.83. The summed E-state index contributed by atoms with van der Waals surface area (Å²) in [4.78, 5) is 20.3. The van der Waals surface area contributed by atoms with Crippen LogP contribution >= 0.6 is 22.9 Å². The lowest BCUT2D eigenvalue weighted by molar-refractivity contribution is 0.0917. The number of hydrogen-bond donors (Lipinski definition) is 0. The van der Waals surface area contributed by atoms with Gasteiger partial charge in [-0.05, 0) is 67.3 Å². The van der Waals surface area contributed by atoms with Gasteiger partial charge in [0.2, 0.25) is 10.0 Å². The molecule has 0 spiro atoms. The van der Waals surface area contributed by atoms with E-state index >= 15 is 0 Å². The lowest BCUT2D eigenvalue weighted by Crippen LogP contribution is -2.37. The number of aromatic nitrogens is 1. The molecule has 5 rings (SSSR count). The van der Waals surface area contributed by atoms with E-state index in [1.54, 1.807) is 24.1 Å². The van der Waals surface area contributed by atoms with Crippen molar-refractivity contribution in [2.45, 2.75) is 37.3 Å². The minimum atomic E-state index is -3.73. The summed E-state index contributed by atoms with van der Waals surface area (Å²) in [5.74, 6) is -0.259. The molecule has 0 saturated carbocycles. The standard InChI is InChI=1S/C28H28ClN3O4S2/c1-19-24(29)14-15-25-26(19)30-28(37-25)32(18-22-9-6-16-36-22)27(33)21-10-12-23(13-11-21)38(34,35)31(2)17-20-7-4-3-5-8-20/h3-5,7-8,10-15,22H,6,9,16-18H2,1-2H3. The van der Waals surface area contributed by atoms with Gasteiger partial charge < -0.3 is 4.74 Å². The van der Waals surface area contributed by atoms with Gasteiger partial charge in [0.15, 0.2) is 5.13 Å². The number of carbonyl (C=O) groups excluding carboxylic acids is 1. The number of thiazole rings is 1. The number of fused-ring (bicyclic) bond motifs is 1. The van der Waals surface area contributed by atoms with Gasteiger partial charge in [-0.2, -0.15) is 4.31 Å². The Morgan fingerprint density at radius 2 is 1.84 bits per heavy atom. The van der Waals surface area contributed by atoms with Crippen LogP contribution in [0.2, 0.25) is 5.02 Å². The molecule has 0 bridgehead atoms. The van der Waals surface area contributed by atoms with Crippen molar-refractivity contribution in [1.82, 2.24) is 9.29 Å². The molecule has 2 heterocycles. The van der Waals surface area contributed by atoms with Gasteiger partial charge in [0, 0.05) is 30.8 Å². The molecule has 1 aliphatic heterocycles. The summed E-state index contributed by atoms with van der Waals surface area (Å²) < 4.78 is 34.4. The highest BCUT2D eigenvalue weighted by molar-refractivity contribution is 7.89. The highest BCUT2D eigenvalue weighted by Gasteiger charge is 2.28. The van der Waals surface area contributed by atoms with Crippen LogP contribution < -0.4 is 4.90 Å². The zero-order valence-corrected chi connectivity index (χ0v) is 23.5. The van der Waals surface area contributed by atoms with Crippen LogP contribution in [0.5, 0.6) is 0 Å². The van der Waals surface area contributed by atoms with Crippen molar-refractivity contribution < 1.29 is 17.9 Å². The molecule has 4 aromatic rings. The largest absolute Gasteiger partial charge is 0.376 e. The molecule has 1 fully saturated rings.